The van der Waals surface area contributed by atoms with E-state index in [1.165, 1.54) is 12.8 Å². The molecule has 1 aliphatic heterocycles. The summed E-state index contributed by atoms with van der Waals surface area (Å²) < 4.78 is 0. The molecule has 0 saturated carbocycles. The molecule has 2 aromatic heterocycles. The second-order valence-electron chi connectivity index (χ2n) is 5.09. The molecule has 0 aliphatic carbocycles. The molecular formula is C14H19N5S. The van der Waals surface area contributed by atoms with Gasteiger partial charge in [-0.3, -0.25) is 0 Å². The summed E-state index contributed by atoms with van der Waals surface area (Å²) in [5.74, 6) is 0.834. The highest BCUT2D eigenvalue weighted by atomic mass is 32.1. The van der Waals surface area contributed by atoms with Gasteiger partial charge in [-0.2, -0.15) is 0 Å². The fraction of sp³-hybridized carbons (Fsp3) is 0.500. The van der Waals surface area contributed by atoms with Crippen molar-refractivity contribution in [2.75, 3.05) is 18.0 Å². The average molecular weight is 289 g/mol. The Kier molecular flexibility index (Phi) is 4.22. The first-order valence-electron chi connectivity index (χ1n) is 7.00. The highest BCUT2D eigenvalue weighted by Crippen LogP contribution is 2.20. The van der Waals surface area contributed by atoms with Crippen LogP contribution in [0, 0.1) is 0 Å². The molecule has 1 saturated heterocycles. The van der Waals surface area contributed by atoms with Crippen molar-refractivity contribution in [1.29, 1.82) is 0 Å². The second-order valence-corrected chi connectivity index (χ2v) is 6.02. The van der Waals surface area contributed by atoms with Crippen LogP contribution < -0.4 is 10.2 Å². The summed E-state index contributed by atoms with van der Waals surface area (Å²) in [6, 6.07) is 2.62. The molecule has 2 unspecified atom stereocenters. The number of hydrogen-bond donors (Lipinski definition) is 1. The molecule has 20 heavy (non-hydrogen) atoms. The Bertz CT molecular complexity index is 516. The van der Waals surface area contributed by atoms with Crippen molar-refractivity contribution in [3.05, 3.63) is 35.0 Å². The van der Waals surface area contributed by atoms with E-state index in [1.54, 1.807) is 23.7 Å². The third-order valence-electron chi connectivity index (χ3n) is 3.56. The Morgan fingerprint density at radius 2 is 2.15 bits per heavy atom. The largest absolute Gasteiger partial charge is 0.339 e. The topological polar surface area (TPSA) is 53.9 Å². The minimum Gasteiger partial charge on any atom is -0.339 e. The van der Waals surface area contributed by atoms with Gasteiger partial charge >= 0.3 is 0 Å². The molecule has 5 nitrogen and oxygen atoms in total. The van der Waals surface area contributed by atoms with Crippen molar-refractivity contribution in [3.8, 4) is 0 Å². The van der Waals surface area contributed by atoms with Crippen LogP contribution >= 0.6 is 11.3 Å². The van der Waals surface area contributed by atoms with Gasteiger partial charge in [-0.1, -0.05) is 0 Å². The molecule has 1 N–H and O–H groups in total. The van der Waals surface area contributed by atoms with E-state index in [0.717, 1.165) is 24.0 Å². The van der Waals surface area contributed by atoms with Gasteiger partial charge in [0.2, 0.25) is 5.95 Å². The summed E-state index contributed by atoms with van der Waals surface area (Å²) in [5.41, 5.74) is 0. The van der Waals surface area contributed by atoms with Gasteiger partial charge < -0.3 is 10.2 Å². The SMILES string of the molecule is CC(NC1CCCN(c2ncccn2)C1)c1nccs1. The van der Waals surface area contributed by atoms with Crippen LogP contribution in [0.25, 0.3) is 0 Å². The Balaban J connectivity index is 1.61. The lowest BCUT2D eigenvalue weighted by molar-refractivity contribution is 0.385. The van der Waals surface area contributed by atoms with E-state index in [4.69, 9.17) is 0 Å². The quantitative estimate of drug-likeness (QED) is 0.935. The maximum Gasteiger partial charge on any atom is 0.225 e. The van der Waals surface area contributed by atoms with E-state index in [1.807, 2.05) is 17.6 Å². The molecule has 3 heterocycles. The zero-order valence-electron chi connectivity index (χ0n) is 11.6. The highest BCUT2D eigenvalue weighted by molar-refractivity contribution is 7.09. The summed E-state index contributed by atoms with van der Waals surface area (Å²) >= 11 is 1.70. The standard InChI is InChI=1S/C14H19N5S/c1-11(13-15-7-9-20-13)18-12-4-2-8-19(10-12)14-16-5-3-6-17-14/h3,5-7,9,11-12,18H,2,4,8,10H2,1H3. The van der Waals surface area contributed by atoms with Crippen LogP contribution in [-0.2, 0) is 0 Å². The van der Waals surface area contributed by atoms with E-state index < -0.39 is 0 Å². The smallest absolute Gasteiger partial charge is 0.225 e. The normalized spacial score (nSPS) is 20.9. The first kappa shape index (κ1) is 13.5. The summed E-state index contributed by atoms with van der Waals surface area (Å²) in [4.78, 5) is 15.3. The number of aromatic nitrogens is 3. The first-order chi connectivity index (χ1) is 9.83. The van der Waals surface area contributed by atoms with Crippen molar-refractivity contribution in [3.63, 3.8) is 0 Å². The van der Waals surface area contributed by atoms with Crippen LogP contribution in [0.1, 0.15) is 30.8 Å². The van der Waals surface area contributed by atoms with Crippen molar-refractivity contribution >= 4 is 17.3 Å². The van der Waals surface area contributed by atoms with E-state index in [9.17, 15) is 0 Å². The van der Waals surface area contributed by atoms with E-state index in [0.29, 0.717) is 12.1 Å². The van der Waals surface area contributed by atoms with Crippen LogP contribution in [0.3, 0.4) is 0 Å². The van der Waals surface area contributed by atoms with Gasteiger partial charge in [0.1, 0.15) is 5.01 Å². The summed E-state index contributed by atoms with van der Waals surface area (Å²) in [7, 11) is 0. The van der Waals surface area contributed by atoms with Gasteiger partial charge in [-0.05, 0) is 25.8 Å². The third kappa shape index (κ3) is 3.13. The van der Waals surface area contributed by atoms with Crippen LogP contribution in [-0.4, -0.2) is 34.1 Å². The Hall–Kier alpha value is -1.53. The molecule has 0 amide bonds. The molecular weight excluding hydrogens is 270 g/mol. The monoisotopic (exact) mass is 289 g/mol. The van der Waals surface area contributed by atoms with Crippen LogP contribution in [0.4, 0.5) is 5.95 Å². The molecule has 3 rings (SSSR count). The van der Waals surface area contributed by atoms with Crippen LogP contribution in [0.2, 0.25) is 0 Å². The number of anilines is 1. The molecule has 2 atom stereocenters. The lowest BCUT2D eigenvalue weighted by Gasteiger charge is -2.34. The maximum atomic E-state index is 4.38. The molecule has 1 aliphatic rings. The van der Waals surface area contributed by atoms with Crippen LogP contribution in [0.5, 0.6) is 0 Å². The Morgan fingerprint density at radius 3 is 2.90 bits per heavy atom. The molecule has 2 aromatic rings. The van der Waals surface area contributed by atoms with Gasteiger partial charge in [-0.25, -0.2) is 15.0 Å². The van der Waals surface area contributed by atoms with Gasteiger partial charge in [0.15, 0.2) is 0 Å². The zero-order chi connectivity index (χ0) is 13.8. The molecule has 1 fully saturated rings. The van der Waals surface area contributed by atoms with E-state index in [2.05, 4.69) is 32.1 Å². The minimum atomic E-state index is 0.302. The number of rotatable bonds is 4. The summed E-state index contributed by atoms with van der Waals surface area (Å²) in [5, 5.41) is 6.85. The lowest BCUT2D eigenvalue weighted by atomic mass is 10.1. The zero-order valence-corrected chi connectivity index (χ0v) is 12.4. The molecule has 0 bridgehead atoms. The number of nitrogens with one attached hydrogen (secondary N) is 1. The van der Waals surface area contributed by atoms with Crippen molar-refractivity contribution in [2.45, 2.75) is 31.8 Å². The van der Waals surface area contributed by atoms with Gasteiger partial charge in [0.25, 0.3) is 0 Å². The molecule has 0 radical (unpaired) electrons. The van der Waals surface area contributed by atoms with Crippen LogP contribution in [0.15, 0.2) is 30.0 Å². The van der Waals surface area contributed by atoms with E-state index >= 15 is 0 Å². The highest BCUT2D eigenvalue weighted by Gasteiger charge is 2.23. The van der Waals surface area contributed by atoms with Crippen molar-refractivity contribution in [2.24, 2.45) is 0 Å². The Morgan fingerprint density at radius 1 is 1.30 bits per heavy atom. The number of piperidine rings is 1. The summed E-state index contributed by atoms with van der Waals surface area (Å²) in [6.07, 6.45) is 7.83. The fourth-order valence-electron chi connectivity index (χ4n) is 2.62. The minimum absolute atomic E-state index is 0.302. The maximum absolute atomic E-state index is 4.38. The lowest BCUT2D eigenvalue weighted by Crippen LogP contribution is -2.47. The van der Waals surface area contributed by atoms with Crippen molar-refractivity contribution in [1.82, 2.24) is 20.3 Å². The molecule has 106 valence electrons. The number of nitrogens with zero attached hydrogens (tertiary/aromatic N) is 4. The van der Waals surface area contributed by atoms with Gasteiger partial charge in [0.05, 0.1) is 6.04 Å². The summed E-state index contributed by atoms with van der Waals surface area (Å²) in [6.45, 7) is 4.17. The predicted molar refractivity (Wildman–Crippen MR) is 80.9 cm³/mol. The third-order valence-corrected chi connectivity index (χ3v) is 4.52. The fourth-order valence-corrected chi connectivity index (χ4v) is 3.28. The van der Waals surface area contributed by atoms with Crippen molar-refractivity contribution < 1.29 is 0 Å². The molecule has 6 heteroatoms. The van der Waals surface area contributed by atoms with Gasteiger partial charge in [0, 0.05) is 43.1 Å². The number of thiazole rings is 1. The van der Waals surface area contributed by atoms with E-state index in [-0.39, 0.29) is 0 Å². The Labute approximate surface area is 123 Å². The predicted octanol–water partition coefficient (Wildman–Crippen LogP) is 2.25. The number of hydrogen-bond acceptors (Lipinski definition) is 6. The first-order valence-corrected chi connectivity index (χ1v) is 7.88. The van der Waals surface area contributed by atoms with Gasteiger partial charge in [-0.15, -0.1) is 11.3 Å². The molecule has 0 spiro atoms. The second kappa shape index (κ2) is 6.28. The molecule has 0 aromatic carbocycles. The average Bonchev–Trinajstić information content (AvgIpc) is 3.03.